The van der Waals surface area contributed by atoms with E-state index in [-0.39, 0.29) is 6.04 Å². The number of carbonyl (C=O) groups is 2. The fraction of sp³-hybridized carbons (Fsp3) is 0.789. The zero-order valence-corrected chi connectivity index (χ0v) is 17.4. The van der Waals surface area contributed by atoms with E-state index in [1.165, 1.54) is 0 Å². The van der Waals surface area contributed by atoms with Crippen molar-refractivity contribution in [1.29, 1.82) is 0 Å². The Labute approximate surface area is 162 Å². The van der Waals surface area contributed by atoms with Crippen LogP contribution in [0.25, 0.3) is 0 Å². The summed E-state index contributed by atoms with van der Waals surface area (Å²) < 4.78 is 16.1. The first-order valence-electron chi connectivity index (χ1n) is 9.43. The van der Waals surface area contributed by atoms with Gasteiger partial charge in [0.15, 0.2) is 0 Å². The van der Waals surface area contributed by atoms with E-state index in [2.05, 4.69) is 16.0 Å². The Balaban J connectivity index is 2.11. The van der Waals surface area contributed by atoms with Crippen molar-refractivity contribution in [3.05, 3.63) is 11.8 Å². The fourth-order valence-corrected chi connectivity index (χ4v) is 2.24. The number of alkyl carbamates (subject to hydrolysis) is 2. The number of rotatable bonds is 7. The molecule has 8 heteroatoms. The Morgan fingerprint density at radius 2 is 1.70 bits per heavy atom. The third-order valence-electron chi connectivity index (χ3n) is 3.32. The zero-order chi connectivity index (χ0) is 20.5. The molecule has 8 nitrogen and oxygen atoms in total. The van der Waals surface area contributed by atoms with Crippen molar-refractivity contribution in [1.82, 2.24) is 16.0 Å². The van der Waals surface area contributed by atoms with Crippen LogP contribution in [-0.2, 0) is 14.2 Å². The third-order valence-corrected chi connectivity index (χ3v) is 3.32. The van der Waals surface area contributed by atoms with Crippen molar-refractivity contribution in [2.75, 3.05) is 26.2 Å². The van der Waals surface area contributed by atoms with Gasteiger partial charge in [-0.25, -0.2) is 9.59 Å². The van der Waals surface area contributed by atoms with Crippen molar-refractivity contribution in [3.8, 4) is 0 Å². The summed E-state index contributed by atoms with van der Waals surface area (Å²) in [4.78, 5) is 23.2. The summed E-state index contributed by atoms with van der Waals surface area (Å²) in [7, 11) is 0. The van der Waals surface area contributed by atoms with Crippen LogP contribution in [0, 0.1) is 0 Å². The molecule has 0 spiro atoms. The molecule has 156 valence electrons. The first kappa shape index (κ1) is 23.1. The predicted molar refractivity (Wildman–Crippen MR) is 104 cm³/mol. The quantitative estimate of drug-likeness (QED) is 0.583. The molecule has 0 aromatic carbocycles. The summed E-state index contributed by atoms with van der Waals surface area (Å²) in [5.41, 5.74) is -0.994. The van der Waals surface area contributed by atoms with Crippen LogP contribution in [0.4, 0.5) is 9.59 Å². The molecule has 0 fully saturated rings. The van der Waals surface area contributed by atoms with Gasteiger partial charge in [-0.2, -0.15) is 0 Å². The number of amides is 2. The first-order valence-corrected chi connectivity index (χ1v) is 9.43. The molecule has 1 unspecified atom stereocenters. The molecule has 0 aromatic heterocycles. The molecule has 1 heterocycles. The lowest BCUT2D eigenvalue weighted by Gasteiger charge is -2.26. The van der Waals surface area contributed by atoms with Crippen molar-refractivity contribution in [2.24, 2.45) is 0 Å². The van der Waals surface area contributed by atoms with Crippen LogP contribution in [0.3, 0.4) is 0 Å². The molecule has 0 aliphatic carbocycles. The maximum absolute atomic E-state index is 11.7. The van der Waals surface area contributed by atoms with Crippen LogP contribution in [0.15, 0.2) is 11.8 Å². The minimum atomic E-state index is -0.511. The van der Waals surface area contributed by atoms with Crippen molar-refractivity contribution < 1.29 is 23.8 Å². The van der Waals surface area contributed by atoms with Crippen LogP contribution >= 0.6 is 0 Å². The molecule has 1 atom stereocenters. The Kier molecular flexibility index (Phi) is 8.88. The molecule has 0 saturated carbocycles. The summed E-state index contributed by atoms with van der Waals surface area (Å²) in [6.45, 7) is 13.3. The lowest BCUT2D eigenvalue weighted by molar-refractivity contribution is 0.0460. The molecular formula is C19H35N3O5. The molecule has 1 aliphatic heterocycles. The van der Waals surface area contributed by atoms with Gasteiger partial charge in [-0.05, 0) is 67.0 Å². The van der Waals surface area contributed by atoms with E-state index in [4.69, 9.17) is 14.2 Å². The zero-order valence-electron chi connectivity index (χ0n) is 17.4. The predicted octanol–water partition coefficient (Wildman–Crippen LogP) is 2.69. The van der Waals surface area contributed by atoms with Gasteiger partial charge >= 0.3 is 12.2 Å². The second kappa shape index (κ2) is 10.4. The number of hydrogen-bond acceptors (Lipinski definition) is 6. The number of ether oxygens (including phenoxy) is 3. The Morgan fingerprint density at radius 1 is 1.07 bits per heavy atom. The molecule has 1 aliphatic rings. The Bertz CT molecular complexity index is 520. The van der Waals surface area contributed by atoms with Crippen LogP contribution in [0.5, 0.6) is 0 Å². The van der Waals surface area contributed by atoms with Gasteiger partial charge in [0.05, 0.1) is 12.6 Å². The standard InChI is InChI=1S/C19H35N3O5/c1-18(2,3)26-16(23)21-11-7-10-20-12-15-9-8-14(13-25-15)22-17(24)27-19(4,5)6/h9,14,20H,7-8,10-13H2,1-6H3,(H,21,23)(H,22,24). The Hall–Kier alpha value is -1.96. The van der Waals surface area contributed by atoms with Gasteiger partial charge in [-0.15, -0.1) is 0 Å². The first-order chi connectivity index (χ1) is 12.4. The second-order valence-corrected chi connectivity index (χ2v) is 8.52. The van der Waals surface area contributed by atoms with Gasteiger partial charge in [0.25, 0.3) is 0 Å². The van der Waals surface area contributed by atoms with Gasteiger partial charge in [-0.1, -0.05) is 0 Å². The van der Waals surface area contributed by atoms with Crippen LogP contribution < -0.4 is 16.0 Å². The monoisotopic (exact) mass is 385 g/mol. The highest BCUT2D eigenvalue weighted by molar-refractivity contribution is 5.68. The highest BCUT2D eigenvalue weighted by atomic mass is 16.6. The molecule has 27 heavy (non-hydrogen) atoms. The SMILES string of the molecule is CC(C)(C)OC(=O)NCCCNCC1=CCC(NC(=O)OC(C)(C)C)CO1. The Morgan fingerprint density at radius 3 is 2.26 bits per heavy atom. The van der Waals surface area contributed by atoms with Crippen LogP contribution in [0.1, 0.15) is 54.4 Å². The maximum Gasteiger partial charge on any atom is 0.408 e. The van der Waals surface area contributed by atoms with Gasteiger partial charge < -0.3 is 30.2 Å². The third kappa shape index (κ3) is 12.1. The lowest BCUT2D eigenvalue weighted by atomic mass is 10.1. The number of carbonyl (C=O) groups excluding carboxylic acids is 2. The van der Waals surface area contributed by atoms with Crippen molar-refractivity contribution >= 4 is 12.2 Å². The highest BCUT2D eigenvalue weighted by Gasteiger charge is 2.21. The molecule has 0 saturated heterocycles. The molecule has 3 N–H and O–H groups in total. The van der Waals surface area contributed by atoms with E-state index < -0.39 is 23.4 Å². The van der Waals surface area contributed by atoms with Crippen LogP contribution in [-0.4, -0.2) is 55.7 Å². The van der Waals surface area contributed by atoms with Gasteiger partial charge in [0, 0.05) is 6.54 Å². The summed E-state index contributed by atoms with van der Waals surface area (Å²) in [5.74, 6) is 0.859. The topological polar surface area (TPSA) is 97.9 Å². The summed E-state index contributed by atoms with van der Waals surface area (Å²) in [6, 6.07) is -0.0818. The molecule has 0 radical (unpaired) electrons. The van der Waals surface area contributed by atoms with E-state index in [1.54, 1.807) is 0 Å². The lowest BCUT2D eigenvalue weighted by Crippen LogP contribution is -2.42. The number of hydrogen-bond donors (Lipinski definition) is 3. The van der Waals surface area contributed by atoms with Crippen LogP contribution in [0.2, 0.25) is 0 Å². The van der Waals surface area contributed by atoms with E-state index in [0.29, 0.717) is 26.1 Å². The normalized spacial score (nSPS) is 17.4. The minimum absolute atomic E-state index is 0.0818. The second-order valence-electron chi connectivity index (χ2n) is 8.52. The largest absolute Gasteiger partial charge is 0.495 e. The molecule has 1 rings (SSSR count). The van der Waals surface area contributed by atoms with Gasteiger partial charge in [0.1, 0.15) is 23.6 Å². The highest BCUT2D eigenvalue weighted by Crippen LogP contribution is 2.12. The van der Waals surface area contributed by atoms with Gasteiger partial charge in [0.2, 0.25) is 0 Å². The van der Waals surface area contributed by atoms with E-state index in [1.807, 2.05) is 47.6 Å². The summed E-state index contributed by atoms with van der Waals surface area (Å²) in [5, 5.41) is 8.79. The maximum atomic E-state index is 11.7. The molecule has 0 bridgehead atoms. The summed E-state index contributed by atoms with van der Waals surface area (Å²) in [6.07, 6.45) is 2.64. The smallest absolute Gasteiger partial charge is 0.408 e. The van der Waals surface area contributed by atoms with E-state index in [9.17, 15) is 9.59 Å². The molecular weight excluding hydrogens is 350 g/mol. The van der Waals surface area contributed by atoms with E-state index >= 15 is 0 Å². The molecule has 0 aromatic rings. The molecule has 2 amide bonds. The average molecular weight is 386 g/mol. The van der Waals surface area contributed by atoms with E-state index in [0.717, 1.165) is 18.7 Å². The van der Waals surface area contributed by atoms with Crippen molar-refractivity contribution in [3.63, 3.8) is 0 Å². The summed E-state index contributed by atoms with van der Waals surface area (Å²) >= 11 is 0. The van der Waals surface area contributed by atoms with Gasteiger partial charge in [-0.3, -0.25) is 0 Å². The van der Waals surface area contributed by atoms with Crippen molar-refractivity contribution in [2.45, 2.75) is 71.6 Å². The average Bonchev–Trinajstić information content (AvgIpc) is 2.48. The number of nitrogens with one attached hydrogen (secondary N) is 3. The fourth-order valence-electron chi connectivity index (χ4n) is 2.24. The minimum Gasteiger partial charge on any atom is -0.495 e.